The van der Waals surface area contributed by atoms with E-state index in [2.05, 4.69) is 19.7 Å². The van der Waals surface area contributed by atoms with E-state index in [-0.39, 0.29) is 34.5 Å². The quantitative estimate of drug-likeness (QED) is 0.125. The molecular weight excluding hydrogens is 515 g/mol. The fourth-order valence-corrected chi connectivity index (χ4v) is 3.98. The number of carbonyl (C=O) groups excluding carboxylic acids is 3. The van der Waals surface area contributed by atoms with Crippen LogP contribution < -0.4 is 27.8 Å². The summed E-state index contributed by atoms with van der Waals surface area (Å²) in [5.74, 6) is -3.39. The molecule has 3 aromatic rings. The first kappa shape index (κ1) is 27.5. The predicted octanol–water partition coefficient (Wildman–Crippen LogP) is 5.61. The van der Waals surface area contributed by atoms with Gasteiger partial charge in [-0.3, -0.25) is 0 Å². The lowest BCUT2D eigenvalue weighted by molar-refractivity contribution is -0.129. The van der Waals surface area contributed by atoms with E-state index in [1.807, 2.05) is 0 Å². The van der Waals surface area contributed by atoms with Crippen LogP contribution in [-0.2, 0) is 18.9 Å². The second-order valence-corrected chi connectivity index (χ2v) is 8.38. The largest absolute Gasteiger partial charge is 0.647 e. The van der Waals surface area contributed by atoms with Gasteiger partial charge in [0.1, 0.15) is 0 Å². The van der Waals surface area contributed by atoms with Crippen LogP contribution in [-0.4, -0.2) is 17.9 Å². The summed E-state index contributed by atoms with van der Waals surface area (Å²) in [7, 11) is -4.77. The van der Waals surface area contributed by atoms with E-state index in [0.717, 1.165) is 18.2 Å². The lowest BCUT2D eigenvalue weighted by Gasteiger charge is -2.22. The molecule has 0 aromatic heterocycles. The van der Waals surface area contributed by atoms with E-state index in [9.17, 15) is 18.9 Å². The molecule has 0 heterocycles. The summed E-state index contributed by atoms with van der Waals surface area (Å²) in [6.45, 7) is 10.0. The van der Waals surface area contributed by atoms with Crippen molar-refractivity contribution >= 4 is 25.7 Å². The number of rotatable bonds is 12. The Morgan fingerprint density at radius 3 is 0.974 bits per heavy atom. The number of hydrogen-bond donors (Lipinski definition) is 0. The van der Waals surface area contributed by atoms with Crippen LogP contribution in [0.5, 0.6) is 34.5 Å². The molecule has 0 atom stereocenters. The average molecular weight is 536 g/mol. The van der Waals surface area contributed by atoms with Gasteiger partial charge < -0.3 is 27.8 Å². The zero-order chi connectivity index (χ0) is 27.5. The fourth-order valence-electron chi connectivity index (χ4n) is 2.70. The molecule has 3 rings (SSSR count). The van der Waals surface area contributed by atoms with Crippen LogP contribution in [0.1, 0.15) is 0 Å². The lowest BCUT2D eigenvalue weighted by atomic mass is 10.3. The van der Waals surface area contributed by atoms with E-state index in [4.69, 9.17) is 27.8 Å². The molecule has 10 nitrogen and oxygen atoms in total. The molecular formula is C27H21O10P. The number of carbonyl (C=O) groups is 3. The predicted molar refractivity (Wildman–Crippen MR) is 136 cm³/mol. The molecule has 0 spiro atoms. The van der Waals surface area contributed by atoms with Crippen LogP contribution in [0.4, 0.5) is 0 Å². The summed E-state index contributed by atoms with van der Waals surface area (Å²) in [5, 5.41) is 0. The zero-order valence-corrected chi connectivity index (χ0v) is 20.7. The summed E-state index contributed by atoms with van der Waals surface area (Å²) >= 11 is 0. The molecule has 0 fully saturated rings. The van der Waals surface area contributed by atoms with Gasteiger partial charge in [0.25, 0.3) is 0 Å². The Labute approximate surface area is 217 Å². The van der Waals surface area contributed by atoms with Gasteiger partial charge in [-0.05, 0) is 36.4 Å². The Bertz CT molecular complexity index is 1260. The van der Waals surface area contributed by atoms with E-state index in [0.29, 0.717) is 0 Å². The summed E-state index contributed by atoms with van der Waals surface area (Å²) in [6, 6.07) is 17.3. The first-order valence-electron chi connectivity index (χ1n) is 10.8. The molecule has 38 heavy (non-hydrogen) atoms. The van der Waals surface area contributed by atoms with Crippen molar-refractivity contribution in [2.24, 2.45) is 0 Å². The summed E-state index contributed by atoms with van der Waals surface area (Å²) in [4.78, 5) is 35.4. The van der Waals surface area contributed by atoms with Crippen molar-refractivity contribution in [2.45, 2.75) is 0 Å². The summed E-state index contributed by atoms with van der Waals surface area (Å²) in [5.41, 5.74) is 0. The zero-order valence-electron chi connectivity index (χ0n) is 19.8. The third-order valence-electron chi connectivity index (χ3n) is 4.31. The van der Waals surface area contributed by atoms with Crippen LogP contribution in [0.25, 0.3) is 0 Å². The van der Waals surface area contributed by atoms with E-state index in [1.165, 1.54) is 54.6 Å². The number of para-hydroxylation sites is 6. The summed E-state index contributed by atoms with van der Waals surface area (Å²) in [6.07, 6.45) is 2.79. The van der Waals surface area contributed by atoms with Gasteiger partial charge in [0, 0.05) is 18.2 Å². The van der Waals surface area contributed by atoms with Crippen molar-refractivity contribution in [2.75, 3.05) is 0 Å². The van der Waals surface area contributed by atoms with Crippen molar-refractivity contribution in [1.29, 1.82) is 0 Å². The highest BCUT2D eigenvalue weighted by Gasteiger charge is 2.37. The number of phosphoric ester groups is 1. The van der Waals surface area contributed by atoms with Gasteiger partial charge >= 0.3 is 25.7 Å². The smallest absolute Gasteiger partial charge is 0.419 e. The topological polar surface area (TPSA) is 124 Å². The van der Waals surface area contributed by atoms with Crippen LogP contribution >= 0.6 is 7.82 Å². The molecule has 0 aliphatic carbocycles. The first-order chi connectivity index (χ1) is 18.3. The number of benzene rings is 3. The maximum atomic E-state index is 14.1. The number of ether oxygens (including phenoxy) is 3. The molecule has 0 unspecified atom stereocenters. The highest BCUT2D eigenvalue weighted by atomic mass is 31.2. The Morgan fingerprint density at radius 1 is 0.500 bits per heavy atom. The number of phosphoric acid groups is 1. The Hall–Kier alpha value is -5.08. The SMILES string of the molecule is C=CC(=O)Oc1ccccc1OP(=O)(Oc1ccccc1OC(=O)C=C)Oc1ccccc1OC(=O)C=C. The van der Waals surface area contributed by atoms with Gasteiger partial charge in [0.05, 0.1) is 0 Å². The average Bonchev–Trinajstić information content (AvgIpc) is 2.91. The van der Waals surface area contributed by atoms with Gasteiger partial charge in [0.15, 0.2) is 34.5 Å². The Balaban J connectivity index is 2.06. The Morgan fingerprint density at radius 2 is 0.737 bits per heavy atom. The molecule has 11 heteroatoms. The minimum absolute atomic E-state index is 0.123. The van der Waals surface area contributed by atoms with Crippen molar-refractivity contribution in [1.82, 2.24) is 0 Å². The van der Waals surface area contributed by atoms with Crippen LogP contribution in [0.15, 0.2) is 111 Å². The molecule has 0 aliphatic heterocycles. The van der Waals surface area contributed by atoms with Gasteiger partial charge in [0.2, 0.25) is 0 Å². The summed E-state index contributed by atoms with van der Waals surface area (Å²) < 4.78 is 46.5. The van der Waals surface area contributed by atoms with E-state index >= 15 is 0 Å². The lowest BCUT2D eigenvalue weighted by Crippen LogP contribution is -2.12. The van der Waals surface area contributed by atoms with Gasteiger partial charge in [-0.2, -0.15) is 4.57 Å². The minimum atomic E-state index is -4.77. The van der Waals surface area contributed by atoms with Crippen LogP contribution in [0.2, 0.25) is 0 Å². The molecule has 0 radical (unpaired) electrons. The highest BCUT2D eigenvalue weighted by molar-refractivity contribution is 7.49. The fraction of sp³-hybridized carbons (Fsp3) is 0. The molecule has 0 N–H and O–H groups in total. The second kappa shape index (κ2) is 12.8. The first-order valence-corrected chi connectivity index (χ1v) is 12.2. The Kier molecular flexibility index (Phi) is 9.23. The third-order valence-corrected chi connectivity index (χ3v) is 5.57. The van der Waals surface area contributed by atoms with Gasteiger partial charge in [-0.1, -0.05) is 56.1 Å². The monoisotopic (exact) mass is 536 g/mol. The van der Waals surface area contributed by atoms with Crippen molar-refractivity contribution in [3.63, 3.8) is 0 Å². The normalized spacial score (nSPS) is 10.3. The number of esters is 3. The molecule has 3 aromatic carbocycles. The molecule has 0 saturated carbocycles. The third kappa shape index (κ3) is 7.46. The second-order valence-electron chi connectivity index (χ2n) is 6.94. The molecule has 194 valence electrons. The van der Waals surface area contributed by atoms with E-state index < -0.39 is 25.7 Å². The van der Waals surface area contributed by atoms with Crippen molar-refractivity contribution in [3.05, 3.63) is 111 Å². The minimum Gasteiger partial charge on any atom is -0.419 e. The molecule has 0 amide bonds. The highest BCUT2D eigenvalue weighted by Crippen LogP contribution is 2.54. The number of hydrogen-bond acceptors (Lipinski definition) is 10. The molecule has 0 bridgehead atoms. The molecule has 0 aliphatic rings. The maximum absolute atomic E-state index is 14.1. The van der Waals surface area contributed by atoms with Crippen LogP contribution in [0.3, 0.4) is 0 Å². The van der Waals surface area contributed by atoms with Crippen molar-refractivity contribution in [3.8, 4) is 34.5 Å². The van der Waals surface area contributed by atoms with E-state index in [1.54, 1.807) is 18.2 Å². The van der Waals surface area contributed by atoms with Gasteiger partial charge in [-0.15, -0.1) is 0 Å². The van der Waals surface area contributed by atoms with Crippen LogP contribution in [0, 0.1) is 0 Å². The van der Waals surface area contributed by atoms with Crippen molar-refractivity contribution < 1.29 is 46.7 Å². The molecule has 0 saturated heterocycles. The van der Waals surface area contributed by atoms with Gasteiger partial charge in [-0.25, -0.2) is 14.4 Å². The maximum Gasteiger partial charge on any atom is 0.647 e. The standard InChI is InChI=1S/C27H21O10P/c1-4-25(28)32-19-13-7-10-16-22(19)35-38(31,36-23-17-11-8-14-20(23)33-26(29)5-2)37-24-18-12-9-15-21(24)34-27(30)6-3/h4-18H,1-3H2.